The molecule has 128 valence electrons. The lowest BCUT2D eigenvalue weighted by molar-refractivity contribution is 0.0390. The second-order valence-electron chi connectivity index (χ2n) is 7.19. The Morgan fingerprint density at radius 1 is 1.08 bits per heavy atom. The Morgan fingerprint density at radius 3 is 2.75 bits per heavy atom. The standard InChI is InChI=1S/C19H25N3O2/c23-18(22-11-4-7-14-5-1-2-9-17(14)22)15-6-3-8-16(13-15)21-12-10-20-19(21)24/h3,6,8,13-14,17H,1-2,4-5,7,9-12H2,(H,20,24)/t14-,17+/m1/s1. The van der Waals surface area contributed by atoms with Crippen molar-refractivity contribution in [1.29, 1.82) is 0 Å². The molecule has 2 aliphatic heterocycles. The topological polar surface area (TPSA) is 52.7 Å². The first kappa shape index (κ1) is 15.5. The van der Waals surface area contributed by atoms with E-state index in [4.69, 9.17) is 0 Å². The Hall–Kier alpha value is -2.04. The number of nitrogens with zero attached hydrogens (tertiary/aromatic N) is 2. The first-order valence-electron chi connectivity index (χ1n) is 9.20. The van der Waals surface area contributed by atoms with Gasteiger partial charge in [-0.05, 0) is 49.8 Å². The number of fused-ring (bicyclic) bond motifs is 1. The van der Waals surface area contributed by atoms with E-state index >= 15 is 0 Å². The zero-order valence-electron chi connectivity index (χ0n) is 14.0. The van der Waals surface area contributed by atoms with Crippen molar-refractivity contribution >= 4 is 17.6 Å². The Labute approximate surface area is 143 Å². The van der Waals surface area contributed by atoms with Gasteiger partial charge in [0.25, 0.3) is 5.91 Å². The fourth-order valence-electron chi connectivity index (χ4n) is 4.57. The number of carbonyl (C=O) groups excluding carboxylic acids is 2. The molecule has 1 aromatic carbocycles. The van der Waals surface area contributed by atoms with Crippen LogP contribution in [0.2, 0.25) is 0 Å². The molecule has 0 radical (unpaired) electrons. The van der Waals surface area contributed by atoms with Crippen molar-refractivity contribution in [3.8, 4) is 0 Å². The molecule has 3 aliphatic rings. The molecule has 2 heterocycles. The van der Waals surface area contributed by atoms with Crippen molar-refractivity contribution < 1.29 is 9.59 Å². The van der Waals surface area contributed by atoms with E-state index < -0.39 is 0 Å². The molecular weight excluding hydrogens is 302 g/mol. The van der Waals surface area contributed by atoms with Crippen LogP contribution in [0.1, 0.15) is 48.9 Å². The quantitative estimate of drug-likeness (QED) is 0.908. The van der Waals surface area contributed by atoms with Crippen molar-refractivity contribution in [3.05, 3.63) is 29.8 Å². The lowest BCUT2D eigenvalue weighted by Gasteiger charge is -2.44. The summed E-state index contributed by atoms with van der Waals surface area (Å²) in [5, 5.41) is 2.81. The van der Waals surface area contributed by atoms with Crippen LogP contribution >= 0.6 is 0 Å². The summed E-state index contributed by atoms with van der Waals surface area (Å²) < 4.78 is 0. The van der Waals surface area contributed by atoms with Crippen LogP contribution in [0.5, 0.6) is 0 Å². The monoisotopic (exact) mass is 327 g/mol. The van der Waals surface area contributed by atoms with Gasteiger partial charge < -0.3 is 10.2 Å². The molecule has 4 rings (SSSR count). The number of carbonyl (C=O) groups is 2. The number of piperidine rings is 1. The van der Waals surface area contributed by atoms with Gasteiger partial charge in [-0.2, -0.15) is 0 Å². The van der Waals surface area contributed by atoms with Crippen LogP contribution in [-0.2, 0) is 0 Å². The summed E-state index contributed by atoms with van der Waals surface area (Å²) in [4.78, 5) is 28.8. The molecule has 1 aliphatic carbocycles. The highest BCUT2D eigenvalue weighted by atomic mass is 16.2. The maximum absolute atomic E-state index is 13.1. The van der Waals surface area contributed by atoms with Gasteiger partial charge in [-0.25, -0.2) is 4.79 Å². The number of nitrogens with one attached hydrogen (secondary N) is 1. The lowest BCUT2D eigenvalue weighted by atomic mass is 9.78. The average Bonchev–Trinajstić information content (AvgIpc) is 3.07. The van der Waals surface area contributed by atoms with Crippen molar-refractivity contribution in [2.45, 2.75) is 44.6 Å². The van der Waals surface area contributed by atoms with Gasteiger partial charge in [-0.3, -0.25) is 9.69 Å². The number of hydrogen-bond donors (Lipinski definition) is 1. The third-order valence-electron chi connectivity index (χ3n) is 5.77. The smallest absolute Gasteiger partial charge is 0.321 e. The van der Waals surface area contributed by atoms with Crippen LogP contribution in [0, 0.1) is 5.92 Å². The molecule has 5 nitrogen and oxygen atoms in total. The van der Waals surface area contributed by atoms with Crippen LogP contribution in [0.15, 0.2) is 24.3 Å². The number of benzene rings is 1. The summed E-state index contributed by atoms with van der Waals surface area (Å²) in [6, 6.07) is 7.88. The van der Waals surface area contributed by atoms with E-state index in [9.17, 15) is 9.59 Å². The molecule has 5 heteroatoms. The van der Waals surface area contributed by atoms with Gasteiger partial charge in [0.05, 0.1) is 0 Å². The molecule has 2 saturated heterocycles. The fourth-order valence-corrected chi connectivity index (χ4v) is 4.57. The van der Waals surface area contributed by atoms with E-state index in [0.717, 1.165) is 25.1 Å². The molecule has 0 aromatic heterocycles. The highest BCUT2D eigenvalue weighted by Gasteiger charge is 2.36. The number of anilines is 1. The van der Waals surface area contributed by atoms with E-state index in [1.165, 1.54) is 25.7 Å². The molecule has 3 fully saturated rings. The Balaban J connectivity index is 1.56. The van der Waals surface area contributed by atoms with Gasteiger partial charge in [-0.15, -0.1) is 0 Å². The van der Waals surface area contributed by atoms with E-state index in [1.54, 1.807) is 4.90 Å². The van der Waals surface area contributed by atoms with E-state index in [-0.39, 0.29) is 11.9 Å². The van der Waals surface area contributed by atoms with Crippen LogP contribution in [0.3, 0.4) is 0 Å². The molecule has 1 aromatic rings. The van der Waals surface area contributed by atoms with Gasteiger partial charge in [0, 0.05) is 36.9 Å². The summed E-state index contributed by atoms with van der Waals surface area (Å²) in [6.45, 7) is 2.19. The van der Waals surface area contributed by atoms with Crippen molar-refractivity contribution in [2.24, 2.45) is 5.92 Å². The minimum absolute atomic E-state index is 0.0788. The predicted octanol–water partition coefficient (Wildman–Crippen LogP) is 3.01. The van der Waals surface area contributed by atoms with Crippen molar-refractivity contribution in [2.75, 3.05) is 24.5 Å². The maximum atomic E-state index is 13.1. The second kappa shape index (κ2) is 6.46. The van der Waals surface area contributed by atoms with Gasteiger partial charge in [-0.1, -0.05) is 18.9 Å². The summed E-state index contributed by atoms with van der Waals surface area (Å²) >= 11 is 0. The zero-order valence-corrected chi connectivity index (χ0v) is 14.0. The number of likely N-dealkylation sites (tertiary alicyclic amines) is 1. The molecule has 3 amide bonds. The predicted molar refractivity (Wildman–Crippen MR) is 93.2 cm³/mol. The van der Waals surface area contributed by atoms with Gasteiger partial charge in [0.1, 0.15) is 0 Å². The zero-order chi connectivity index (χ0) is 16.5. The normalized spacial score (nSPS) is 26.9. The number of hydrogen-bond acceptors (Lipinski definition) is 2. The molecule has 1 saturated carbocycles. The summed E-state index contributed by atoms with van der Waals surface area (Å²) in [5.74, 6) is 0.817. The molecule has 0 unspecified atom stereocenters. The molecular formula is C19H25N3O2. The number of urea groups is 1. The van der Waals surface area contributed by atoms with Gasteiger partial charge >= 0.3 is 6.03 Å². The summed E-state index contributed by atoms with van der Waals surface area (Å²) in [6.07, 6.45) is 7.33. The van der Waals surface area contributed by atoms with Gasteiger partial charge in [0.2, 0.25) is 0 Å². The summed E-state index contributed by atoms with van der Waals surface area (Å²) in [5.41, 5.74) is 1.52. The third kappa shape index (κ3) is 2.76. The van der Waals surface area contributed by atoms with Crippen LogP contribution in [-0.4, -0.2) is 42.5 Å². The highest BCUT2D eigenvalue weighted by Crippen LogP contribution is 2.36. The Bertz CT molecular complexity index is 643. The lowest BCUT2D eigenvalue weighted by Crippen LogP contribution is -2.49. The molecule has 1 N–H and O–H groups in total. The average molecular weight is 327 g/mol. The van der Waals surface area contributed by atoms with E-state index in [1.807, 2.05) is 24.3 Å². The molecule has 24 heavy (non-hydrogen) atoms. The Kier molecular flexibility index (Phi) is 4.17. The number of rotatable bonds is 2. The van der Waals surface area contributed by atoms with Crippen LogP contribution in [0.25, 0.3) is 0 Å². The fraction of sp³-hybridized carbons (Fsp3) is 0.579. The molecule has 2 atom stereocenters. The number of amides is 3. The van der Waals surface area contributed by atoms with Crippen molar-refractivity contribution in [1.82, 2.24) is 10.2 Å². The minimum atomic E-state index is -0.0788. The Morgan fingerprint density at radius 2 is 1.92 bits per heavy atom. The third-order valence-corrected chi connectivity index (χ3v) is 5.77. The highest BCUT2D eigenvalue weighted by molar-refractivity contribution is 5.98. The van der Waals surface area contributed by atoms with Crippen molar-refractivity contribution in [3.63, 3.8) is 0 Å². The first-order chi connectivity index (χ1) is 11.7. The molecule has 0 spiro atoms. The molecule has 0 bridgehead atoms. The van der Waals surface area contributed by atoms with Gasteiger partial charge in [0.15, 0.2) is 0 Å². The summed E-state index contributed by atoms with van der Waals surface area (Å²) in [7, 11) is 0. The minimum Gasteiger partial charge on any atom is -0.336 e. The second-order valence-corrected chi connectivity index (χ2v) is 7.19. The van der Waals surface area contributed by atoms with E-state index in [0.29, 0.717) is 30.6 Å². The van der Waals surface area contributed by atoms with Crippen LogP contribution in [0.4, 0.5) is 10.5 Å². The SMILES string of the molecule is O=C1NCCN1c1cccc(C(=O)N2CCC[C@H]3CCCC[C@@H]32)c1. The maximum Gasteiger partial charge on any atom is 0.321 e. The largest absolute Gasteiger partial charge is 0.336 e. The van der Waals surface area contributed by atoms with E-state index in [2.05, 4.69) is 10.2 Å². The van der Waals surface area contributed by atoms with Crippen LogP contribution < -0.4 is 10.2 Å². The first-order valence-corrected chi connectivity index (χ1v) is 9.20.